The number of aliphatic hydroxyl groups excluding tert-OH is 1. The summed E-state index contributed by atoms with van der Waals surface area (Å²) in [5, 5.41) is 15.4. The lowest BCUT2D eigenvalue weighted by atomic mass is 9.86. The lowest BCUT2D eigenvalue weighted by Gasteiger charge is -2.43. The molecule has 4 aliphatic rings. The molecule has 0 aromatic carbocycles. The molecule has 0 radical (unpaired) electrons. The molecular formula is C35H53N8O4+. The Bertz CT molecular complexity index is 1540. The van der Waals surface area contributed by atoms with E-state index < -0.39 is 11.8 Å². The quantitative estimate of drug-likeness (QED) is 0.357. The standard InChI is InChI=1S/C35H52N8O4/c1-22-27(41-21-25-20-40(19-24(25)17-30(41)44)34(46)47-35(2,3)4)14-15-29(37-22)38-33-36-18-23-16-28(32(45)43(5,6)7)42(31(23)39-33)26-12-10-8-9-11-13-26/h14-16,18,22,24-27,30,44H,8-13,17,19-21H2,1-7H3/p+1. The number of amidine groups is 1. The number of aromatic nitrogens is 3. The Balaban J connectivity index is 1.17. The van der Waals surface area contributed by atoms with Crippen molar-refractivity contribution in [2.24, 2.45) is 16.8 Å². The number of piperidine rings is 1. The highest BCUT2D eigenvalue weighted by Gasteiger charge is 2.45. The molecule has 2 N–H and O–H groups in total. The average Bonchev–Trinajstić information content (AvgIpc) is 3.46. The van der Waals surface area contributed by atoms with Crippen LogP contribution in [0, 0.1) is 11.8 Å². The van der Waals surface area contributed by atoms with Gasteiger partial charge in [-0.05, 0) is 70.9 Å². The fraction of sp³-hybridized carbons (Fsp3) is 0.686. The summed E-state index contributed by atoms with van der Waals surface area (Å²) in [4.78, 5) is 44.7. The van der Waals surface area contributed by atoms with Crippen molar-refractivity contribution in [2.75, 3.05) is 46.1 Å². The van der Waals surface area contributed by atoms with Gasteiger partial charge in [0, 0.05) is 37.3 Å². The van der Waals surface area contributed by atoms with Gasteiger partial charge in [0.2, 0.25) is 5.95 Å². The van der Waals surface area contributed by atoms with Gasteiger partial charge in [0.15, 0.2) is 0 Å². The molecule has 2 aromatic heterocycles. The summed E-state index contributed by atoms with van der Waals surface area (Å²) in [5.74, 6) is 1.68. The number of hydrogen-bond donors (Lipinski definition) is 2. The number of dihydropyridines is 1. The minimum Gasteiger partial charge on any atom is -0.444 e. The van der Waals surface area contributed by atoms with E-state index in [4.69, 9.17) is 14.7 Å². The van der Waals surface area contributed by atoms with Gasteiger partial charge in [0.1, 0.15) is 29.0 Å². The lowest BCUT2D eigenvalue weighted by Crippen LogP contribution is -2.54. The fourth-order valence-electron chi connectivity index (χ4n) is 7.73. The molecule has 2 aromatic rings. The summed E-state index contributed by atoms with van der Waals surface area (Å²) >= 11 is 0. The summed E-state index contributed by atoms with van der Waals surface area (Å²) in [5.41, 5.74) is 0.933. The van der Waals surface area contributed by atoms with Crippen molar-refractivity contribution in [3.63, 3.8) is 0 Å². The Morgan fingerprint density at radius 3 is 2.40 bits per heavy atom. The normalized spacial score (nSPS) is 27.8. The van der Waals surface area contributed by atoms with E-state index in [2.05, 4.69) is 32.8 Å². The fourth-order valence-corrected chi connectivity index (χ4v) is 7.73. The second-order valence-corrected chi connectivity index (χ2v) is 15.9. The molecule has 12 heteroatoms. The molecule has 0 spiro atoms. The van der Waals surface area contributed by atoms with Crippen molar-refractivity contribution in [1.29, 1.82) is 0 Å². The van der Waals surface area contributed by atoms with Gasteiger partial charge in [-0.2, -0.15) is 4.98 Å². The molecule has 256 valence electrons. The summed E-state index contributed by atoms with van der Waals surface area (Å²) in [6.07, 6.45) is 12.4. The molecule has 3 fully saturated rings. The Morgan fingerprint density at radius 1 is 1.04 bits per heavy atom. The Hall–Kier alpha value is -3.35. The zero-order chi connectivity index (χ0) is 33.7. The molecule has 5 unspecified atom stereocenters. The van der Waals surface area contributed by atoms with Crippen LogP contribution in [0.1, 0.15) is 89.2 Å². The zero-order valence-corrected chi connectivity index (χ0v) is 29.1. The van der Waals surface area contributed by atoms with Crippen molar-refractivity contribution < 1.29 is 23.9 Å². The molecule has 47 heavy (non-hydrogen) atoms. The first-order chi connectivity index (χ1) is 22.2. The number of carbonyl (C=O) groups is 2. The van der Waals surface area contributed by atoms with Gasteiger partial charge >= 0.3 is 12.0 Å². The van der Waals surface area contributed by atoms with Crippen molar-refractivity contribution in [1.82, 2.24) is 24.3 Å². The molecule has 6 rings (SSSR count). The van der Waals surface area contributed by atoms with Crippen LogP contribution < -0.4 is 5.32 Å². The molecule has 5 heterocycles. The summed E-state index contributed by atoms with van der Waals surface area (Å²) in [7, 11) is 5.73. The third-order valence-corrected chi connectivity index (χ3v) is 10.1. The first-order valence-corrected chi connectivity index (χ1v) is 17.4. The molecule has 0 bridgehead atoms. The maximum Gasteiger partial charge on any atom is 0.410 e. The number of nitrogens with zero attached hydrogens (tertiary/aromatic N) is 7. The van der Waals surface area contributed by atoms with Crippen LogP contribution in [0.15, 0.2) is 29.4 Å². The summed E-state index contributed by atoms with van der Waals surface area (Å²) in [6.45, 7) is 9.64. The van der Waals surface area contributed by atoms with E-state index in [1.54, 1.807) is 11.1 Å². The number of anilines is 1. The van der Waals surface area contributed by atoms with E-state index in [9.17, 15) is 14.7 Å². The lowest BCUT2D eigenvalue weighted by molar-refractivity contribution is -0.785. The number of rotatable bonds is 4. The molecule has 1 aliphatic carbocycles. The van der Waals surface area contributed by atoms with Crippen LogP contribution in [-0.2, 0) is 4.74 Å². The Labute approximate surface area is 278 Å². The van der Waals surface area contributed by atoms with Crippen LogP contribution in [0.25, 0.3) is 11.0 Å². The van der Waals surface area contributed by atoms with Gasteiger partial charge in [-0.25, -0.2) is 14.6 Å². The largest absolute Gasteiger partial charge is 0.444 e. The summed E-state index contributed by atoms with van der Waals surface area (Å²) in [6, 6.07) is 1.98. The third-order valence-electron chi connectivity index (χ3n) is 10.1. The van der Waals surface area contributed by atoms with E-state index in [1.807, 2.05) is 54.1 Å². The van der Waals surface area contributed by atoms with Gasteiger partial charge in [0.25, 0.3) is 0 Å². The molecule has 12 nitrogen and oxygen atoms in total. The molecule has 1 saturated carbocycles. The van der Waals surface area contributed by atoms with Crippen LogP contribution in [0.2, 0.25) is 0 Å². The smallest absolute Gasteiger partial charge is 0.410 e. The number of hydrogen-bond acceptors (Lipinski definition) is 9. The number of likely N-dealkylation sites (tertiary alicyclic amines) is 2. The monoisotopic (exact) mass is 649 g/mol. The zero-order valence-electron chi connectivity index (χ0n) is 29.1. The SMILES string of the molecule is CC1N=C(Nc2ncc3cc(C(=O)[N+](C)(C)C)n(C4CCCCCC4)c3n2)C=CC1N1CC2CN(C(=O)OC(C)(C)C)CC2CC1O. The third kappa shape index (κ3) is 7.24. The van der Waals surface area contributed by atoms with Gasteiger partial charge in [-0.3, -0.25) is 14.4 Å². The number of fused-ring (bicyclic) bond motifs is 2. The average molecular weight is 650 g/mol. The number of carbonyl (C=O) groups excluding carboxylic acids is 2. The molecular weight excluding hydrogens is 596 g/mol. The van der Waals surface area contributed by atoms with Crippen molar-refractivity contribution in [3.05, 3.63) is 30.1 Å². The predicted octanol–water partition coefficient (Wildman–Crippen LogP) is 4.82. The minimum atomic E-state index is -0.609. The van der Waals surface area contributed by atoms with Crippen molar-refractivity contribution in [2.45, 2.75) is 103 Å². The maximum absolute atomic E-state index is 13.6. The number of ether oxygens (including phenoxy) is 1. The Kier molecular flexibility index (Phi) is 9.23. The molecule has 2 saturated heterocycles. The first kappa shape index (κ1) is 33.5. The number of aliphatic hydroxyl groups is 1. The van der Waals surface area contributed by atoms with E-state index in [-0.39, 0.29) is 46.4 Å². The van der Waals surface area contributed by atoms with E-state index in [0.717, 1.165) is 36.7 Å². The highest BCUT2D eigenvalue weighted by atomic mass is 16.6. The highest BCUT2D eigenvalue weighted by molar-refractivity contribution is 6.04. The highest BCUT2D eigenvalue weighted by Crippen LogP contribution is 2.37. The van der Waals surface area contributed by atoms with Crippen LogP contribution >= 0.6 is 0 Å². The number of amides is 2. The summed E-state index contributed by atoms with van der Waals surface area (Å²) < 4.78 is 7.99. The van der Waals surface area contributed by atoms with E-state index >= 15 is 0 Å². The van der Waals surface area contributed by atoms with Gasteiger partial charge in [-0.1, -0.05) is 31.8 Å². The Morgan fingerprint density at radius 2 is 1.74 bits per heavy atom. The van der Waals surface area contributed by atoms with E-state index in [0.29, 0.717) is 43.5 Å². The topological polar surface area (TPSA) is 125 Å². The van der Waals surface area contributed by atoms with Gasteiger partial charge in [-0.15, -0.1) is 0 Å². The van der Waals surface area contributed by atoms with Crippen molar-refractivity contribution in [3.8, 4) is 0 Å². The molecule has 3 aliphatic heterocycles. The predicted molar refractivity (Wildman–Crippen MR) is 182 cm³/mol. The van der Waals surface area contributed by atoms with Crippen LogP contribution in [-0.4, -0.2) is 116 Å². The first-order valence-electron chi connectivity index (χ1n) is 17.4. The van der Waals surface area contributed by atoms with Crippen LogP contribution in [0.4, 0.5) is 10.7 Å². The minimum absolute atomic E-state index is 0.0579. The van der Waals surface area contributed by atoms with Gasteiger partial charge in [0.05, 0.1) is 33.2 Å². The number of nitrogens with one attached hydrogen (secondary N) is 1. The molecule has 2 amide bonds. The maximum atomic E-state index is 13.6. The van der Waals surface area contributed by atoms with E-state index in [1.165, 1.54) is 12.8 Å². The van der Waals surface area contributed by atoms with Crippen molar-refractivity contribution >= 4 is 34.8 Å². The van der Waals surface area contributed by atoms with Crippen LogP contribution in [0.3, 0.4) is 0 Å². The number of aliphatic imine (C=N–C) groups is 1. The second-order valence-electron chi connectivity index (χ2n) is 15.9. The van der Waals surface area contributed by atoms with Gasteiger partial charge < -0.3 is 24.6 Å². The number of quaternary nitrogens is 1. The van der Waals surface area contributed by atoms with Crippen LogP contribution in [0.5, 0.6) is 0 Å². The molecule has 5 atom stereocenters. The second kappa shape index (κ2) is 12.9.